The van der Waals surface area contributed by atoms with Crippen LogP contribution in [-0.2, 0) is 5.41 Å². The summed E-state index contributed by atoms with van der Waals surface area (Å²) in [5, 5.41) is 2.23. The molecule has 0 saturated heterocycles. The summed E-state index contributed by atoms with van der Waals surface area (Å²) >= 11 is 0. The number of anilines is 3. The first-order chi connectivity index (χ1) is 34.7. The lowest BCUT2D eigenvalue weighted by Crippen LogP contribution is -2.15. The third kappa shape index (κ3) is 7.69. The summed E-state index contributed by atoms with van der Waals surface area (Å²) in [6, 6.07) is 83.0. The topological polar surface area (TPSA) is 3.24 Å². The molecule has 0 radical (unpaired) electrons. The van der Waals surface area contributed by atoms with E-state index in [4.69, 9.17) is 0 Å². The molecule has 0 unspecified atom stereocenters. The molecule has 11 aromatic carbocycles. The van der Waals surface area contributed by atoms with E-state index in [0.717, 1.165) is 107 Å². The van der Waals surface area contributed by atoms with Gasteiger partial charge >= 0.3 is 0 Å². The Morgan fingerprint density at radius 2 is 0.732 bits per heavy atom. The predicted octanol–water partition coefficient (Wildman–Crippen LogP) is 19.0. The molecule has 1 aliphatic carbocycles. The fourth-order valence-corrected chi connectivity index (χ4v) is 10.7. The normalized spacial score (nSPS) is 12.4. The molecule has 0 aliphatic heterocycles. The maximum Gasteiger partial charge on any atom is 0.194 e. The molecule has 0 N–H and O–H groups in total. The summed E-state index contributed by atoms with van der Waals surface area (Å²) < 4.78 is 44.5. The Labute approximate surface area is 412 Å². The molecule has 0 spiro atoms. The monoisotopic (exact) mass is 921 g/mol. The highest BCUT2D eigenvalue weighted by Gasteiger charge is 2.38. The van der Waals surface area contributed by atoms with Crippen molar-refractivity contribution >= 4 is 27.8 Å². The average molecular weight is 922 g/mol. The summed E-state index contributed by atoms with van der Waals surface area (Å²) in [7, 11) is 0. The van der Waals surface area contributed by atoms with Crippen molar-refractivity contribution < 1.29 is 13.2 Å². The molecule has 0 amide bonds. The molecule has 11 aromatic rings. The van der Waals surface area contributed by atoms with Crippen LogP contribution in [0.15, 0.2) is 243 Å². The number of rotatable bonds is 9. The van der Waals surface area contributed by atoms with Gasteiger partial charge in [-0.25, -0.2) is 13.2 Å². The molecule has 0 bridgehead atoms. The van der Waals surface area contributed by atoms with Gasteiger partial charge in [0.25, 0.3) is 0 Å². The van der Waals surface area contributed by atoms with Crippen molar-refractivity contribution in [3.63, 3.8) is 0 Å². The smallest absolute Gasteiger partial charge is 0.194 e. The van der Waals surface area contributed by atoms with Crippen molar-refractivity contribution in [1.82, 2.24) is 0 Å². The van der Waals surface area contributed by atoms with E-state index in [1.54, 1.807) is 0 Å². The van der Waals surface area contributed by atoms with Gasteiger partial charge in [-0.3, -0.25) is 0 Å². The van der Waals surface area contributed by atoms with Gasteiger partial charge < -0.3 is 4.90 Å². The van der Waals surface area contributed by atoms with Crippen LogP contribution in [-0.4, -0.2) is 0 Å². The molecular formula is C67H46F3N. The quantitative estimate of drug-likeness (QED) is 0.130. The Morgan fingerprint density at radius 3 is 1.27 bits per heavy atom. The van der Waals surface area contributed by atoms with Gasteiger partial charge in [0.05, 0.1) is 5.69 Å². The zero-order valence-corrected chi connectivity index (χ0v) is 39.2. The van der Waals surface area contributed by atoms with Crippen LogP contribution >= 0.6 is 0 Å². The lowest BCUT2D eigenvalue weighted by atomic mass is 9.80. The molecule has 340 valence electrons. The van der Waals surface area contributed by atoms with Gasteiger partial charge in [-0.1, -0.05) is 208 Å². The molecule has 1 nitrogen and oxygen atoms in total. The van der Waals surface area contributed by atoms with E-state index in [1.165, 1.54) is 11.1 Å². The average Bonchev–Trinajstić information content (AvgIpc) is 3.65. The molecule has 0 atom stereocenters. The Balaban J connectivity index is 0.992. The van der Waals surface area contributed by atoms with E-state index in [2.05, 4.69) is 213 Å². The summed E-state index contributed by atoms with van der Waals surface area (Å²) in [6.07, 6.45) is 0. The number of hydrogen-bond donors (Lipinski definition) is 0. The zero-order chi connectivity index (χ0) is 48.2. The van der Waals surface area contributed by atoms with Crippen LogP contribution in [0.5, 0.6) is 0 Å². The number of hydrogen-bond acceptors (Lipinski definition) is 1. The maximum absolute atomic E-state index is 15.0. The Kier molecular flexibility index (Phi) is 10.8. The van der Waals surface area contributed by atoms with Crippen LogP contribution in [0.4, 0.5) is 30.2 Å². The van der Waals surface area contributed by atoms with Gasteiger partial charge in [-0.05, 0) is 143 Å². The first-order valence-electron chi connectivity index (χ1n) is 24.0. The standard InChI is InChI=1S/C67H46F3N/c1-67(2)59-38-36-55(51-41-61(68)66(70)62(69)42-51)64(49-24-22-46(23-25-49)43-14-6-3-7-15-43)65(59)58-35-30-50(40-60(58)67)54-37-39-63(57-21-13-12-20-56(54)57)71(52-31-26-47(27-32-52)44-16-8-4-9-17-44)53-33-28-48(29-34-53)45-18-10-5-11-19-45/h3-42H,1-2H3. The third-order valence-electron chi connectivity index (χ3n) is 14.3. The highest BCUT2D eigenvalue weighted by molar-refractivity contribution is 6.07. The van der Waals surface area contributed by atoms with E-state index >= 15 is 8.78 Å². The van der Waals surface area contributed by atoms with Gasteiger partial charge in [0, 0.05) is 22.2 Å². The van der Waals surface area contributed by atoms with Crippen molar-refractivity contribution in [2.75, 3.05) is 4.90 Å². The second kappa shape index (κ2) is 17.7. The van der Waals surface area contributed by atoms with E-state index in [0.29, 0.717) is 5.56 Å². The minimum atomic E-state index is -1.48. The van der Waals surface area contributed by atoms with Crippen LogP contribution in [0.1, 0.15) is 25.0 Å². The number of benzene rings is 11. The lowest BCUT2D eigenvalue weighted by Gasteiger charge is -2.28. The summed E-state index contributed by atoms with van der Waals surface area (Å²) in [5.41, 5.74) is 18.6. The predicted molar refractivity (Wildman–Crippen MR) is 289 cm³/mol. The van der Waals surface area contributed by atoms with Crippen molar-refractivity contribution in [3.8, 4) is 77.9 Å². The molecule has 0 aromatic heterocycles. The SMILES string of the molecule is CC1(C)c2cc(-c3ccc(N(c4ccc(-c5ccccc5)cc4)c4ccc(-c5ccccc5)cc4)c4ccccc34)ccc2-c2c1ccc(-c1cc(F)c(F)c(F)c1)c2-c1ccc(-c2ccccc2)cc1. The molecule has 0 saturated carbocycles. The van der Waals surface area contributed by atoms with Crippen LogP contribution in [0.2, 0.25) is 0 Å². The third-order valence-corrected chi connectivity index (χ3v) is 14.3. The minimum absolute atomic E-state index is 0.272. The van der Waals surface area contributed by atoms with Gasteiger partial charge in [-0.15, -0.1) is 0 Å². The summed E-state index contributed by atoms with van der Waals surface area (Å²) in [6.45, 7) is 4.48. The molecular weight excluding hydrogens is 876 g/mol. The summed E-state index contributed by atoms with van der Waals surface area (Å²) in [5.74, 6) is -3.93. The second-order valence-corrected chi connectivity index (χ2v) is 18.8. The van der Waals surface area contributed by atoms with E-state index in [9.17, 15) is 4.39 Å². The first kappa shape index (κ1) is 43.5. The van der Waals surface area contributed by atoms with Crippen molar-refractivity contribution in [2.45, 2.75) is 19.3 Å². The Hall–Kier alpha value is -8.73. The highest BCUT2D eigenvalue weighted by Crippen LogP contribution is 2.56. The number of nitrogens with zero attached hydrogens (tertiary/aromatic N) is 1. The van der Waals surface area contributed by atoms with Crippen molar-refractivity contribution in [3.05, 3.63) is 271 Å². The molecule has 1 aliphatic rings. The highest BCUT2D eigenvalue weighted by atomic mass is 19.2. The van der Waals surface area contributed by atoms with Crippen LogP contribution < -0.4 is 4.90 Å². The second-order valence-electron chi connectivity index (χ2n) is 18.8. The molecule has 12 rings (SSSR count). The largest absolute Gasteiger partial charge is 0.310 e. The Morgan fingerprint density at radius 1 is 0.310 bits per heavy atom. The molecule has 4 heteroatoms. The molecule has 0 fully saturated rings. The van der Waals surface area contributed by atoms with E-state index in [-0.39, 0.29) is 5.56 Å². The molecule has 0 heterocycles. The van der Waals surface area contributed by atoms with Gasteiger partial charge in [0.15, 0.2) is 17.5 Å². The van der Waals surface area contributed by atoms with Crippen LogP contribution in [0.25, 0.3) is 88.7 Å². The fraction of sp³-hybridized carbons (Fsp3) is 0.0448. The van der Waals surface area contributed by atoms with Gasteiger partial charge in [0.1, 0.15) is 0 Å². The van der Waals surface area contributed by atoms with Crippen molar-refractivity contribution in [2.24, 2.45) is 0 Å². The molecule has 71 heavy (non-hydrogen) atoms. The van der Waals surface area contributed by atoms with Crippen LogP contribution in [0, 0.1) is 17.5 Å². The lowest BCUT2D eigenvalue weighted by molar-refractivity contribution is 0.448. The van der Waals surface area contributed by atoms with Gasteiger partial charge in [0.2, 0.25) is 0 Å². The van der Waals surface area contributed by atoms with E-state index in [1.807, 2.05) is 36.4 Å². The minimum Gasteiger partial charge on any atom is -0.310 e. The fourth-order valence-electron chi connectivity index (χ4n) is 10.7. The zero-order valence-electron chi connectivity index (χ0n) is 39.2. The summed E-state index contributed by atoms with van der Waals surface area (Å²) in [4.78, 5) is 2.35. The number of fused-ring (bicyclic) bond motifs is 4. The first-order valence-corrected chi connectivity index (χ1v) is 24.0. The van der Waals surface area contributed by atoms with E-state index < -0.39 is 22.9 Å². The number of halogens is 3. The van der Waals surface area contributed by atoms with Gasteiger partial charge in [-0.2, -0.15) is 0 Å². The van der Waals surface area contributed by atoms with Crippen LogP contribution in [0.3, 0.4) is 0 Å². The van der Waals surface area contributed by atoms with Crippen molar-refractivity contribution in [1.29, 1.82) is 0 Å². The maximum atomic E-state index is 15.0. The Bertz CT molecular complexity index is 3670.